The zero-order chi connectivity index (χ0) is 23.1. The molecule has 2 aliphatic rings. The van der Waals surface area contributed by atoms with Crippen LogP contribution in [0.5, 0.6) is 5.75 Å². The Morgan fingerprint density at radius 3 is 2.81 bits per heavy atom. The Morgan fingerprint density at radius 1 is 1.34 bits per heavy atom. The molecule has 1 unspecified atom stereocenters. The first kappa shape index (κ1) is 23.1. The molecule has 1 heterocycles. The van der Waals surface area contributed by atoms with Gasteiger partial charge in [0.05, 0.1) is 17.9 Å². The van der Waals surface area contributed by atoms with Crippen molar-refractivity contribution in [3.63, 3.8) is 0 Å². The van der Waals surface area contributed by atoms with Gasteiger partial charge >= 0.3 is 0 Å². The third kappa shape index (κ3) is 5.38. The predicted molar refractivity (Wildman–Crippen MR) is 121 cm³/mol. The van der Waals surface area contributed by atoms with E-state index in [1.165, 1.54) is 12.3 Å². The molecular formula is C24H28FN3O4. The number of carbonyl (C=O) groups excluding carboxylic acids is 2. The van der Waals surface area contributed by atoms with Crippen LogP contribution in [0.25, 0.3) is 0 Å². The van der Waals surface area contributed by atoms with E-state index in [9.17, 15) is 14.0 Å². The molecule has 8 heteroatoms. The minimum absolute atomic E-state index is 0.0400. The maximum Gasteiger partial charge on any atom is 0.256 e. The quantitative estimate of drug-likeness (QED) is 0.572. The molecule has 0 spiro atoms. The number of hydrogen-bond donors (Lipinski definition) is 2. The normalized spacial score (nSPS) is 19.6. The Labute approximate surface area is 187 Å². The van der Waals surface area contributed by atoms with Gasteiger partial charge in [-0.15, -0.1) is 0 Å². The van der Waals surface area contributed by atoms with Gasteiger partial charge in [-0.05, 0) is 42.0 Å². The number of benzene rings is 1. The molecule has 1 fully saturated rings. The van der Waals surface area contributed by atoms with Crippen LogP contribution in [0.1, 0.15) is 17.3 Å². The lowest BCUT2D eigenvalue weighted by molar-refractivity contribution is -0.109. The Balaban J connectivity index is 1.56. The van der Waals surface area contributed by atoms with Crippen LogP contribution in [0, 0.1) is 17.7 Å². The first-order valence-corrected chi connectivity index (χ1v) is 10.4. The molecule has 0 saturated carbocycles. The molecule has 32 heavy (non-hydrogen) atoms. The second-order valence-corrected chi connectivity index (χ2v) is 7.69. The van der Waals surface area contributed by atoms with Crippen molar-refractivity contribution in [2.75, 3.05) is 38.7 Å². The average Bonchev–Trinajstić information content (AvgIpc) is 2.76. The standard InChI is InChI=1S/C24H28FN3O4/c1-16-5-6-19(10-18(16)4-3-7-26)32-15-17-13-28(14-17)24(30)20-11-22(27-2)23(12-21(20)25)31-9-8-29/h3-8,10-12,16-17,27H,9,13-15,26H2,1-2H3/b7-3-,18-4-. The fourth-order valence-corrected chi connectivity index (χ4v) is 3.53. The summed E-state index contributed by atoms with van der Waals surface area (Å²) in [6.45, 7) is 3.35. The molecule has 0 radical (unpaired) electrons. The van der Waals surface area contributed by atoms with E-state index < -0.39 is 5.82 Å². The van der Waals surface area contributed by atoms with Crippen molar-refractivity contribution < 1.29 is 23.5 Å². The van der Waals surface area contributed by atoms with Crippen molar-refractivity contribution >= 4 is 17.9 Å². The fraction of sp³-hybridized carbons (Fsp3) is 0.333. The number of aldehydes is 1. The number of amides is 1. The zero-order valence-corrected chi connectivity index (χ0v) is 18.2. The molecule has 7 nitrogen and oxygen atoms in total. The number of rotatable bonds is 9. The number of nitrogens with two attached hydrogens (primary N) is 1. The lowest BCUT2D eigenvalue weighted by atomic mass is 9.95. The van der Waals surface area contributed by atoms with E-state index in [0.717, 1.165) is 17.4 Å². The van der Waals surface area contributed by atoms with E-state index in [-0.39, 0.29) is 35.7 Å². The number of allylic oxidation sites excluding steroid dienone is 6. The molecule has 3 N–H and O–H groups in total. The van der Waals surface area contributed by atoms with E-state index >= 15 is 0 Å². The van der Waals surface area contributed by atoms with Crippen LogP contribution in [0.15, 0.2) is 60.0 Å². The lowest BCUT2D eigenvalue weighted by Crippen LogP contribution is -2.51. The van der Waals surface area contributed by atoms with Crippen LogP contribution in [0.3, 0.4) is 0 Å². The van der Waals surface area contributed by atoms with Gasteiger partial charge in [0.25, 0.3) is 5.91 Å². The number of hydrogen-bond acceptors (Lipinski definition) is 6. The molecule has 0 aromatic heterocycles. The van der Waals surface area contributed by atoms with Crippen molar-refractivity contribution in [2.24, 2.45) is 17.6 Å². The number of anilines is 1. The molecule has 170 valence electrons. The van der Waals surface area contributed by atoms with Gasteiger partial charge in [0.1, 0.15) is 23.9 Å². The molecular weight excluding hydrogens is 413 g/mol. The number of likely N-dealkylation sites (tertiary alicyclic amines) is 1. The average molecular weight is 442 g/mol. The van der Waals surface area contributed by atoms with E-state index in [1.54, 1.807) is 18.0 Å². The number of halogens is 1. The Bertz CT molecular complexity index is 978. The summed E-state index contributed by atoms with van der Waals surface area (Å²) in [5.74, 6) is 0.324. The molecule has 3 rings (SSSR count). The van der Waals surface area contributed by atoms with E-state index in [2.05, 4.69) is 18.3 Å². The maximum absolute atomic E-state index is 14.5. The van der Waals surface area contributed by atoms with Gasteiger partial charge in [0.15, 0.2) is 6.29 Å². The van der Waals surface area contributed by atoms with Crippen molar-refractivity contribution in [3.05, 3.63) is 71.4 Å². The summed E-state index contributed by atoms with van der Waals surface area (Å²) in [6, 6.07) is 2.53. The van der Waals surface area contributed by atoms with Crippen molar-refractivity contribution in [2.45, 2.75) is 6.92 Å². The summed E-state index contributed by atoms with van der Waals surface area (Å²) in [6.07, 6.45) is 11.8. The second-order valence-electron chi connectivity index (χ2n) is 7.69. The van der Waals surface area contributed by atoms with Gasteiger partial charge < -0.3 is 25.4 Å². The Hall–Kier alpha value is -3.55. The molecule has 0 bridgehead atoms. The van der Waals surface area contributed by atoms with Gasteiger partial charge in [-0.2, -0.15) is 0 Å². The number of ether oxygens (including phenoxy) is 2. The van der Waals surface area contributed by atoms with Crippen LogP contribution in [-0.4, -0.2) is 50.4 Å². The molecule has 1 aliphatic heterocycles. The summed E-state index contributed by atoms with van der Waals surface area (Å²) in [5, 5.41) is 2.86. The lowest BCUT2D eigenvalue weighted by Gasteiger charge is -2.39. The molecule has 1 aromatic rings. The first-order chi connectivity index (χ1) is 15.5. The SMILES string of the molecule is CNc1cc(C(=O)N2CC(COC3=C/C(=C/C=C\N)C(C)C=C3)C2)c(F)cc1OCC=O. The molecule has 1 aliphatic carbocycles. The molecule has 1 saturated heterocycles. The summed E-state index contributed by atoms with van der Waals surface area (Å²) < 4.78 is 25.6. The largest absolute Gasteiger partial charge is 0.493 e. The number of nitrogens with one attached hydrogen (secondary N) is 1. The maximum atomic E-state index is 14.5. The van der Waals surface area contributed by atoms with Crippen LogP contribution in [-0.2, 0) is 9.53 Å². The predicted octanol–water partition coefficient (Wildman–Crippen LogP) is 3.02. The van der Waals surface area contributed by atoms with Crippen molar-refractivity contribution in [1.82, 2.24) is 4.90 Å². The highest BCUT2D eigenvalue weighted by atomic mass is 19.1. The van der Waals surface area contributed by atoms with E-state index in [1.807, 2.05) is 18.2 Å². The van der Waals surface area contributed by atoms with E-state index in [4.69, 9.17) is 15.2 Å². The highest BCUT2D eigenvalue weighted by molar-refractivity contribution is 5.96. The highest BCUT2D eigenvalue weighted by Gasteiger charge is 2.33. The first-order valence-electron chi connectivity index (χ1n) is 10.4. The summed E-state index contributed by atoms with van der Waals surface area (Å²) in [4.78, 5) is 24.8. The molecule has 1 atom stereocenters. The minimum Gasteiger partial charge on any atom is -0.493 e. The van der Waals surface area contributed by atoms with Gasteiger partial charge in [0, 0.05) is 32.1 Å². The van der Waals surface area contributed by atoms with Gasteiger partial charge in [0.2, 0.25) is 0 Å². The molecule has 1 amide bonds. The number of nitrogens with zero attached hydrogens (tertiary/aromatic N) is 1. The smallest absolute Gasteiger partial charge is 0.256 e. The monoisotopic (exact) mass is 441 g/mol. The third-order valence-corrected chi connectivity index (χ3v) is 5.39. The van der Waals surface area contributed by atoms with Crippen molar-refractivity contribution in [3.8, 4) is 5.75 Å². The molecule has 1 aromatic carbocycles. The third-order valence-electron chi connectivity index (χ3n) is 5.39. The summed E-state index contributed by atoms with van der Waals surface area (Å²) >= 11 is 0. The van der Waals surface area contributed by atoms with Crippen LogP contribution in [0.2, 0.25) is 0 Å². The van der Waals surface area contributed by atoms with Crippen LogP contribution >= 0.6 is 0 Å². The topological polar surface area (TPSA) is 93.9 Å². The van der Waals surface area contributed by atoms with E-state index in [0.29, 0.717) is 31.7 Å². The second kappa shape index (κ2) is 10.7. The number of carbonyl (C=O) groups is 2. The summed E-state index contributed by atoms with van der Waals surface area (Å²) in [7, 11) is 1.63. The zero-order valence-electron chi connectivity index (χ0n) is 18.2. The van der Waals surface area contributed by atoms with Gasteiger partial charge in [-0.25, -0.2) is 4.39 Å². The van der Waals surface area contributed by atoms with Crippen molar-refractivity contribution in [1.29, 1.82) is 0 Å². The van der Waals surface area contributed by atoms with Gasteiger partial charge in [-0.3, -0.25) is 9.59 Å². The summed E-state index contributed by atoms with van der Waals surface area (Å²) in [5.41, 5.74) is 6.91. The minimum atomic E-state index is -0.688. The highest BCUT2D eigenvalue weighted by Crippen LogP contribution is 2.30. The Morgan fingerprint density at radius 2 is 2.12 bits per heavy atom. The van der Waals surface area contributed by atoms with Crippen LogP contribution in [0.4, 0.5) is 10.1 Å². The Kier molecular flexibility index (Phi) is 7.70. The van der Waals surface area contributed by atoms with Crippen LogP contribution < -0.4 is 15.8 Å². The van der Waals surface area contributed by atoms with Gasteiger partial charge in [-0.1, -0.05) is 19.1 Å². The fourth-order valence-electron chi connectivity index (χ4n) is 3.53.